The minimum atomic E-state index is -1.46. The van der Waals surface area contributed by atoms with Crippen LogP contribution in [0.15, 0.2) is 0 Å². The smallest absolute Gasteiger partial charge is 0.326 e. The normalized spacial score (nSPS) is 13.7. The number of hydrogen-bond acceptors (Lipinski definition) is 8. The molecule has 0 aliphatic carbocycles. The number of thiol groups is 1. The maximum absolute atomic E-state index is 12.3. The van der Waals surface area contributed by atoms with Crippen molar-refractivity contribution in [3.05, 3.63) is 0 Å². The Bertz CT molecular complexity index is 575. The molecule has 0 rings (SSSR count). The van der Waals surface area contributed by atoms with Gasteiger partial charge in [-0.2, -0.15) is 12.6 Å². The number of nitrogens with one attached hydrogen (secondary N) is 3. The molecule has 9 N–H and O–H groups in total. The summed E-state index contributed by atoms with van der Waals surface area (Å²) in [6.07, 6.45) is 0.497. The van der Waals surface area contributed by atoms with Gasteiger partial charge in [-0.3, -0.25) is 19.2 Å². The first-order chi connectivity index (χ1) is 13.2. The molecule has 3 amide bonds. The van der Waals surface area contributed by atoms with Crippen LogP contribution in [0.3, 0.4) is 0 Å². The second kappa shape index (κ2) is 13.7. The molecule has 0 heterocycles. The lowest BCUT2D eigenvalue weighted by atomic mass is 10.1. The average molecular weight is 421 g/mol. The predicted octanol–water partition coefficient (Wildman–Crippen LogP) is -2.98. The summed E-state index contributed by atoms with van der Waals surface area (Å²) in [7, 11) is 0. The number of carbonyl (C=O) groups is 5. The van der Waals surface area contributed by atoms with E-state index in [0.29, 0.717) is 19.4 Å². The van der Waals surface area contributed by atoms with E-state index in [1.807, 2.05) is 0 Å². The van der Waals surface area contributed by atoms with Crippen molar-refractivity contribution in [2.45, 2.75) is 43.8 Å². The molecule has 0 bridgehead atoms. The number of aliphatic carboxylic acids is 2. The van der Waals surface area contributed by atoms with E-state index in [-0.39, 0.29) is 12.2 Å². The van der Waals surface area contributed by atoms with E-state index in [4.69, 9.17) is 16.6 Å². The molecule has 0 aromatic rings. The zero-order valence-corrected chi connectivity index (χ0v) is 16.1. The Hall–Kier alpha value is -2.38. The summed E-state index contributed by atoms with van der Waals surface area (Å²) in [5.74, 6) is -5.27. The maximum Gasteiger partial charge on any atom is 0.326 e. The van der Waals surface area contributed by atoms with Crippen molar-refractivity contribution < 1.29 is 34.2 Å². The van der Waals surface area contributed by atoms with Gasteiger partial charge in [-0.25, -0.2) is 4.79 Å². The molecule has 28 heavy (non-hydrogen) atoms. The van der Waals surface area contributed by atoms with Gasteiger partial charge in [-0.15, -0.1) is 0 Å². The Morgan fingerprint density at radius 3 is 1.89 bits per heavy atom. The van der Waals surface area contributed by atoms with Gasteiger partial charge in [-0.1, -0.05) is 0 Å². The van der Waals surface area contributed by atoms with Crippen LogP contribution < -0.4 is 27.4 Å². The maximum atomic E-state index is 12.3. The van der Waals surface area contributed by atoms with Crippen LogP contribution in [0.2, 0.25) is 0 Å². The number of carboxylic acid groups (broad SMARTS) is 2. The van der Waals surface area contributed by atoms with E-state index in [2.05, 4.69) is 28.6 Å². The monoisotopic (exact) mass is 421 g/mol. The van der Waals surface area contributed by atoms with Gasteiger partial charge in [0.2, 0.25) is 17.7 Å². The third-order valence-electron chi connectivity index (χ3n) is 3.59. The van der Waals surface area contributed by atoms with Gasteiger partial charge in [0.25, 0.3) is 0 Å². The quantitative estimate of drug-likeness (QED) is 0.106. The summed E-state index contributed by atoms with van der Waals surface area (Å²) >= 11 is 3.95. The molecule has 0 spiro atoms. The highest BCUT2D eigenvalue weighted by Gasteiger charge is 2.29. The summed E-state index contributed by atoms with van der Waals surface area (Å²) in [5.41, 5.74) is 10.5. The first-order valence-electron chi connectivity index (χ1n) is 8.51. The second-order valence-electron chi connectivity index (χ2n) is 5.85. The molecule has 3 atom stereocenters. The van der Waals surface area contributed by atoms with Crippen molar-refractivity contribution >= 4 is 42.3 Å². The van der Waals surface area contributed by atoms with Crippen molar-refractivity contribution in [2.75, 3.05) is 18.8 Å². The second-order valence-corrected chi connectivity index (χ2v) is 6.21. The zero-order valence-electron chi connectivity index (χ0n) is 15.2. The van der Waals surface area contributed by atoms with Crippen LogP contribution in [0.1, 0.15) is 25.7 Å². The van der Waals surface area contributed by atoms with Gasteiger partial charge in [0.1, 0.15) is 18.1 Å². The Morgan fingerprint density at radius 1 is 0.857 bits per heavy atom. The van der Waals surface area contributed by atoms with Crippen LogP contribution in [0.5, 0.6) is 0 Å². The Labute approximate surface area is 167 Å². The van der Waals surface area contributed by atoms with Gasteiger partial charge < -0.3 is 37.6 Å². The lowest BCUT2D eigenvalue weighted by Gasteiger charge is -2.23. The molecule has 12 nitrogen and oxygen atoms in total. The first kappa shape index (κ1) is 25.6. The van der Waals surface area contributed by atoms with Crippen LogP contribution in [0.25, 0.3) is 0 Å². The fourth-order valence-electron chi connectivity index (χ4n) is 2.13. The number of rotatable bonds is 14. The summed E-state index contributed by atoms with van der Waals surface area (Å²) in [6, 6.07) is -3.87. The van der Waals surface area contributed by atoms with Crippen molar-refractivity contribution in [1.82, 2.24) is 16.0 Å². The highest BCUT2D eigenvalue weighted by atomic mass is 32.1. The topological polar surface area (TPSA) is 214 Å². The Kier molecular flexibility index (Phi) is 12.6. The van der Waals surface area contributed by atoms with Crippen molar-refractivity contribution in [3.63, 3.8) is 0 Å². The molecule has 3 unspecified atom stereocenters. The number of amides is 3. The van der Waals surface area contributed by atoms with Gasteiger partial charge in [-0.05, 0) is 25.8 Å². The minimum absolute atomic E-state index is 0.152. The average Bonchev–Trinajstić information content (AvgIpc) is 2.63. The van der Waals surface area contributed by atoms with E-state index < -0.39 is 60.8 Å². The standard InChI is InChI=1S/C15H27N5O7S/c16-4-2-1-3-8(15(26)27)19-14(25)10(7-28)20-13(24)9(5-12(22)23)18-11(21)6-17/h8-10,28H,1-7,16-17H2,(H,18,21)(H,19,25)(H,20,24)(H,22,23)(H,26,27). The molecule has 160 valence electrons. The van der Waals surface area contributed by atoms with Crippen LogP contribution in [0.4, 0.5) is 0 Å². The predicted molar refractivity (Wildman–Crippen MR) is 101 cm³/mol. The Morgan fingerprint density at radius 2 is 1.43 bits per heavy atom. The van der Waals surface area contributed by atoms with Crippen molar-refractivity contribution in [2.24, 2.45) is 11.5 Å². The Balaban J connectivity index is 5.02. The van der Waals surface area contributed by atoms with Crippen molar-refractivity contribution in [3.8, 4) is 0 Å². The van der Waals surface area contributed by atoms with E-state index >= 15 is 0 Å². The third kappa shape index (κ3) is 10.1. The fraction of sp³-hybridized carbons (Fsp3) is 0.667. The SMILES string of the molecule is NCCCCC(NC(=O)C(CS)NC(=O)C(CC(=O)O)NC(=O)CN)C(=O)O. The number of carboxylic acids is 2. The summed E-state index contributed by atoms with van der Waals surface area (Å²) in [5, 5.41) is 24.8. The minimum Gasteiger partial charge on any atom is -0.481 e. The van der Waals surface area contributed by atoms with Gasteiger partial charge in [0.05, 0.1) is 13.0 Å². The molecule has 0 radical (unpaired) electrons. The number of unbranched alkanes of at least 4 members (excludes halogenated alkanes) is 1. The highest BCUT2D eigenvalue weighted by Crippen LogP contribution is 2.03. The highest BCUT2D eigenvalue weighted by molar-refractivity contribution is 7.80. The number of nitrogens with two attached hydrogens (primary N) is 2. The molecule has 0 aliphatic rings. The zero-order chi connectivity index (χ0) is 21.7. The molecule has 0 saturated carbocycles. The number of hydrogen-bond donors (Lipinski definition) is 8. The fourth-order valence-corrected chi connectivity index (χ4v) is 2.38. The van der Waals surface area contributed by atoms with Crippen LogP contribution >= 0.6 is 12.6 Å². The van der Waals surface area contributed by atoms with Crippen LogP contribution in [-0.2, 0) is 24.0 Å². The first-order valence-corrected chi connectivity index (χ1v) is 9.15. The third-order valence-corrected chi connectivity index (χ3v) is 3.96. The lowest BCUT2D eigenvalue weighted by Crippen LogP contribution is -2.57. The van der Waals surface area contributed by atoms with Gasteiger partial charge >= 0.3 is 11.9 Å². The molecule has 0 fully saturated rings. The van der Waals surface area contributed by atoms with E-state index in [1.165, 1.54) is 0 Å². The molecular weight excluding hydrogens is 394 g/mol. The van der Waals surface area contributed by atoms with Crippen molar-refractivity contribution in [1.29, 1.82) is 0 Å². The van der Waals surface area contributed by atoms with Gasteiger partial charge in [0, 0.05) is 5.75 Å². The summed E-state index contributed by atoms with van der Waals surface area (Å²) in [6.45, 7) is -0.0714. The molecule has 0 aliphatic heterocycles. The lowest BCUT2D eigenvalue weighted by molar-refractivity contribution is -0.143. The van der Waals surface area contributed by atoms with Gasteiger partial charge in [0.15, 0.2) is 0 Å². The summed E-state index contributed by atoms with van der Waals surface area (Å²) in [4.78, 5) is 58.1. The summed E-state index contributed by atoms with van der Waals surface area (Å²) < 4.78 is 0. The van der Waals surface area contributed by atoms with Crippen LogP contribution in [0, 0.1) is 0 Å². The van der Waals surface area contributed by atoms with Crippen LogP contribution in [-0.4, -0.2) is 76.8 Å². The van der Waals surface area contributed by atoms with E-state index in [0.717, 1.165) is 0 Å². The largest absolute Gasteiger partial charge is 0.481 e. The molecule has 0 aromatic carbocycles. The molecular formula is C15H27N5O7S. The molecule has 13 heteroatoms. The molecule has 0 aromatic heterocycles. The van der Waals surface area contributed by atoms with E-state index in [1.54, 1.807) is 0 Å². The molecule has 0 saturated heterocycles. The number of carbonyl (C=O) groups excluding carboxylic acids is 3. The van der Waals surface area contributed by atoms with E-state index in [9.17, 15) is 29.1 Å².